The number of anilines is 1. The number of nitrogens with zero attached hydrogens (tertiary/aromatic N) is 4. The molecule has 0 spiro atoms. The minimum Gasteiger partial charge on any atom is -0.352 e. The van der Waals surface area contributed by atoms with Gasteiger partial charge in [0.25, 0.3) is 0 Å². The Hall–Kier alpha value is -3.48. The summed E-state index contributed by atoms with van der Waals surface area (Å²) in [5.41, 5.74) is 3.17. The van der Waals surface area contributed by atoms with Crippen LogP contribution in [0.4, 0.5) is 5.69 Å². The van der Waals surface area contributed by atoms with Crippen LogP contribution in [0.15, 0.2) is 61.1 Å². The Balaban J connectivity index is 1.27. The number of aromatic nitrogens is 3. The summed E-state index contributed by atoms with van der Waals surface area (Å²) in [5, 5.41) is 7.27. The molecule has 1 fully saturated rings. The van der Waals surface area contributed by atoms with Crippen LogP contribution in [-0.4, -0.2) is 33.1 Å². The van der Waals surface area contributed by atoms with E-state index in [2.05, 4.69) is 21.5 Å². The zero-order chi connectivity index (χ0) is 21.9. The summed E-state index contributed by atoms with van der Waals surface area (Å²) in [6, 6.07) is 13.7. The summed E-state index contributed by atoms with van der Waals surface area (Å²) in [5.74, 6) is 0.233. The number of benzene rings is 1. The van der Waals surface area contributed by atoms with Crippen molar-refractivity contribution >= 4 is 17.5 Å². The smallest absolute Gasteiger partial charge is 0.230 e. The average molecular weight is 430 g/mol. The molecule has 1 aliphatic carbocycles. The Morgan fingerprint density at radius 3 is 2.72 bits per heavy atom. The summed E-state index contributed by atoms with van der Waals surface area (Å²) < 4.78 is 1.69. The molecule has 5 rings (SSSR count). The predicted molar refractivity (Wildman–Crippen MR) is 121 cm³/mol. The van der Waals surface area contributed by atoms with Gasteiger partial charge in [-0.1, -0.05) is 31.0 Å². The average Bonchev–Trinajstić information content (AvgIpc) is 3.53. The van der Waals surface area contributed by atoms with Gasteiger partial charge in [0.2, 0.25) is 11.8 Å². The highest BCUT2D eigenvalue weighted by Crippen LogP contribution is 2.36. The van der Waals surface area contributed by atoms with Crippen LogP contribution in [-0.2, 0) is 22.6 Å². The van der Waals surface area contributed by atoms with Gasteiger partial charge in [0, 0.05) is 43.3 Å². The fourth-order valence-electron chi connectivity index (χ4n) is 4.93. The lowest BCUT2D eigenvalue weighted by Crippen LogP contribution is -2.45. The highest BCUT2D eigenvalue weighted by Gasteiger charge is 2.39. The molecule has 1 aromatic carbocycles. The largest absolute Gasteiger partial charge is 0.352 e. The Bertz CT molecular complexity index is 1110. The number of fused-ring (bicyclic) bond motifs is 1. The third-order valence-corrected chi connectivity index (χ3v) is 6.59. The van der Waals surface area contributed by atoms with Crippen molar-refractivity contribution in [3.63, 3.8) is 0 Å². The van der Waals surface area contributed by atoms with E-state index < -0.39 is 0 Å². The van der Waals surface area contributed by atoms with E-state index in [0.29, 0.717) is 18.9 Å². The highest BCUT2D eigenvalue weighted by atomic mass is 16.2. The van der Waals surface area contributed by atoms with Crippen LogP contribution >= 0.6 is 0 Å². The molecule has 32 heavy (non-hydrogen) atoms. The summed E-state index contributed by atoms with van der Waals surface area (Å²) in [6.45, 7) is 1.11. The molecule has 2 aromatic heterocycles. The van der Waals surface area contributed by atoms with Gasteiger partial charge in [-0.05, 0) is 54.7 Å². The van der Waals surface area contributed by atoms with Crippen molar-refractivity contribution in [2.75, 3.05) is 11.4 Å². The zero-order valence-electron chi connectivity index (χ0n) is 18.0. The number of para-hydroxylation sites is 1. The van der Waals surface area contributed by atoms with Gasteiger partial charge in [-0.15, -0.1) is 0 Å². The molecule has 0 saturated heterocycles. The predicted octanol–water partition coefficient (Wildman–Crippen LogP) is 3.28. The highest BCUT2D eigenvalue weighted by molar-refractivity contribution is 5.99. The molecule has 3 aromatic rings. The Kier molecular flexibility index (Phi) is 5.71. The van der Waals surface area contributed by atoms with Gasteiger partial charge in [-0.3, -0.25) is 9.59 Å². The molecule has 1 N–H and O–H groups in total. The Morgan fingerprint density at radius 1 is 1.03 bits per heavy atom. The van der Waals surface area contributed by atoms with Crippen LogP contribution in [0.1, 0.15) is 36.8 Å². The number of carbonyl (C=O) groups is 2. The van der Waals surface area contributed by atoms with Crippen LogP contribution in [0.5, 0.6) is 0 Å². The summed E-state index contributed by atoms with van der Waals surface area (Å²) >= 11 is 0. The standard InChI is InChI=1S/C25H27N5O2/c31-24(27-17-18-10-13-26-23(16-18)30-14-5-12-28-30)20-7-2-3-8-21(20)25(32)29-15-11-19-6-1-4-9-22(19)29/h1,4-6,9-10,12-14,16,20-21H,2-3,7-8,11,15,17H2,(H,27,31). The first-order valence-corrected chi connectivity index (χ1v) is 11.3. The first-order valence-electron chi connectivity index (χ1n) is 11.3. The van der Waals surface area contributed by atoms with E-state index in [1.165, 1.54) is 5.56 Å². The normalized spacial score (nSPS) is 20.1. The van der Waals surface area contributed by atoms with Crippen molar-refractivity contribution < 1.29 is 9.59 Å². The van der Waals surface area contributed by atoms with E-state index in [9.17, 15) is 9.59 Å². The molecule has 0 bridgehead atoms. The fraction of sp³-hybridized carbons (Fsp3) is 0.360. The van der Waals surface area contributed by atoms with Gasteiger partial charge in [0.15, 0.2) is 5.82 Å². The van der Waals surface area contributed by atoms with E-state index in [0.717, 1.165) is 43.4 Å². The van der Waals surface area contributed by atoms with E-state index in [1.807, 2.05) is 47.5 Å². The summed E-state index contributed by atoms with van der Waals surface area (Å²) in [6.07, 6.45) is 9.64. The molecule has 2 amide bonds. The SMILES string of the molecule is O=C(NCc1ccnc(-n2cccn2)c1)C1CCCCC1C(=O)N1CCc2ccccc21. The van der Waals surface area contributed by atoms with Gasteiger partial charge in [-0.2, -0.15) is 5.10 Å². The monoisotopic (exact) mass is 429 g/mol. The number of nitrogens with one attached hydrogen (secondary N) is 1. The van der Waals surface area contributed by atoms with Gasteiger partial charge in [-0.25, -0.2) is 9.67 Å². The maximum absolute atomic E-state index is 13.5. The zero-order valence-corrected chi connectivity index (χ0v) is 18.0. The molecular weight excluding hydrogens is 402 g/mol. The second-order valence-electron chi connectivity index (χ2n) is 8.56. The van der Waals surface area contributed by atoms with Crippen LogP contribution in [0.2, 0.25) is 0 Å². The molecule has 2 unspecified atom stereocenters. The van der Waals surface area contributed by atoms with Crippen molar-refractivity contribution in [1.29, 1.82) is 0 Å². The minimum atomic E-state index is -0.281. The van der Waals surface area contributed by atoms with Crippen molar-refractivity contribution in [3.05, 3.63) is 72.2 Å². The van der Waals surface area contributed by atoms with Crippen molar-refractivity contribution in [2.45, 2.75) is 38.6 Å². The van der Waals surface area contributed by atoms with Crippen LogP contribution in [0, 0.1) is 11.8 Å². The molecule has 0 radical (unpaired) electrons. The van der Waals surface area contributed by atoms with E-state index in [4.69, 9.17) is 0 Å². The molecule has 164 valence electrons. The third-order valence-electron chi connectivity index (χ3n) is 6.59. The Labute approximate surface area is 187 Å². The van der Waals surface area contributed by atoms with Crippen LogP contribution in [0.3, 0.4) is 0 Å². The number of hydrogen-bond donors (Lipinski definition) is 1. The first-order chi connectivity index (χ1) is 15.7. The number of amides is 2. The van der Waals surface area contributed by atoms with Crippen molar-refractivity contribution in [2.24, 2.45) is 11.8 Å². The minimum absolute atomic E-state index is 0.0343. The molecular formula is C25H27N5O2. The number of carbonyl (C=O) groups excluding carboxylic acids is 2. The maximum Gasteiger partial charge on any atom is 0.230 e. The van der Waals surface area contributed by atoms with Gasteiger partial charge in [0.05, 0.1) is 5.92 Å². The van der Waals surface area contributed by atoms with Crippen molar-refractivity contribution in [3.8, 4) is 5.82 Å². The number of pyridine rings is 1. The first kappa shape index (κ1) is 20.4. The maximum atomic E-state index is 13.5. The number of hydrogen-bond acceptors (Lipinski definition) is 4. The molecule has 3 heterocycles. The molecule has 7 heteroatoms. The van der Waals surface area contributed by atoms with Gasteiger partial charge < -0.3 is 10.2 Å². The van der Waals surface area contributed by atoms with Crippen molar-refractivity contribution in [1.82, 2.24) is 20.1 Å². The van der Waals surface area contributed by atoms with Gasteiger partial charge in [0.1, 0.15) is 0 Å². The topological polar surface area (TPSA) is 80.1 Å². The quantitative estimate of drug-likeness (QED) is 0.675. The van der Waals surface area contributed by atoms with E-state index in [1.54, 1.807) is 17.1 Å². The number of rotatable bonds is 5. The molecule has 2 aliphatic rings. The molecule has 2 atom stereocenters. The summed E-state index contributed by atoms with van der Waals surface area (Å²) in [7, 11) is 0. The summed E-state index contributed by atoms with van der Waals surface area (Å²) in [4.78, 5) is 32.8. The van der Waals surface area contributed by atoms with Gasteiger partial charge >= 0.3 is 0 Å². The molecule has 1 saturated carbocycles. The van der Waals surface area contributed by atoms with Crippen LogP contribution in [0.25, 0.3) is 5.82 Å². The fourth-order valence-corrected chi connectivity index (χ4v) is 4.93. The lowest BCUT2D eigenvalue weighted by atomic mass is 9.77. The Morgan fingerprint density at radius 2 is 1.88 bits per heavy atom. The third kappa shape index (κ3) is 4.02. The molecule has 1 aliphatic heterocycles. The second-order valence-corrected chi connectivity index (χ2v) is 8.56. The lowest BCUT2D eigenvalue weighted by molar-refractivity contribution is -0.135. The van der Waals surface area contributed by atoms with E-state index >= 15 is 0 Å². The second kappa shape index (κ2) is 8.94. The van der Waals surface area contributed by atoms with Crippen LogP contribution < -0.4 is 10.2 Å². The lowest BCUT2D eigenvalue weighted by Gasteiger charge is -2.32. The molecule has 7 nitrogen and oxygen atoms in total. The van der Waals surface area contributed by atoms with E-state index in [-0.39, 0.29) is 23.7 Å².